The molecular formula is C16H26N2O. The van der Waals surface area contributed by atoms with E-state index in [-0.39, 0.29) is 0 Å². The van der Waals surface area contributed by atoms with Crippen LogP contribution in [0, 0.1) is 11.8 Å². The summed E-state index contributed by atoms with van der Waals surface area (Å²) in [5.74, 6) is 2.24. The first kappa shape index (κ1) is 12.2. The quantitative estimate of drug-likeness (QED) is 0.779. The van der Waals surface area contributed by atoms with Crippen LogP contribution in [0.2, 0.25) is 0 Å². The fraction of sp³-hybridized carbons (Fsp3) is 0.938. The predicted molar refractivity (Wildman–Crippen MR) is 74.8 cm³/mol. The van der Waals surface area contributed by atoms with Crippen molar-refractivity contribution in [1.82, 2.24) is 9.80 Å². The van der Waals surface area contributed by atoms with E-state index >= 15 is 0 Å². The van der Waals surface area contributed by atoms with Crippen LogP contribution in [-0.2, 0) is 4.79 Å². The van der Waals surface area contributed by atoms with Crippen LogP contribution >= 0.6 is 0 Å². The van der Waals surface area contributed by atoms with Gasteiger partial charge in [-0.25, -0.2) is 0 Å². The minimum absolute atomic E-state index is 0.429. The fourth-order valence-electron chi connectivity index (χ4n) is 4.57. The Morgan fingerprint density at radius 3 is 2.58 bits per heavy atom. The largest absolute Gasteiger partial charge is 0.342 e. The van der Waals surface area contributed by atoms with E-state index in [0.29, 0.717) is 11.9 Å². The lowest BCUT2D eigenvalue weighted by Gasteiger charge is -2.34. The van der Waals surface area contributed by atoms with Crippen LogP contribution in [0.1, 0.15) is 51.4 Å². The van der Waals surface area contributed by atoms with E-state index in [1.165, 1.54) is 45.1 Å². The van der Waals surface area contributed by atoms with E-state index in [2.05, 4.69) is 9.80 Å². The van der Waals surface area contributed by atoms with Crippen molar-refractivity contribution in [2.24, 2.45) is 11.8 Å². The first-order valence-corrected chi connectivity index (χ1v) is 8.33. The molecule has 2 saturated carbocycles. The standard InChI is InChI=1S/C16H26N2O/c19-16-6-5-14(7-8-17(16)10-12-1-2-12)18-11-13-3-4-15(18)9-13/h12-15H,1-11H2. The summed E-state index contributed by atoms with van der Waals surface area (Å²) in [4.78, 5) is 17.1. The Balaban J connectivity index is 1.38. The van der Waals surface area contributed by atoms with Crippen LogP contribution in [0.5, 0.6) is 0 Å². The van der Waals surface area contributed by atoms with Gasteiger partial charge in [0.15, 0.2) is 0 Å². The molecule has 3 unspecified atom stereocenters. The monoisotopic (exact) mass is 262 g/mol. The maximum absolute atomic E-state index is 12.2. The zero-order valence-corrected chi connectivity index (χ0v) is 11.9. The summed E-state index contributed by atoms with van der Waals surface area (Å²) in [5.41, 5.74) is 0. The maximum atomic E-state index is 12.2. The highest BCUT2D eigenvalue weighted by molar-refractivity contribution is 5.76. The Labute approximate surface area is 116 Å². The van der Waals surface area contributed by atoms with Gasteiger partial charge in [0.2, 0.25) is 5.91 Å². The fourth-order valence-corrected chi connectivity index (χ4v) is 4.57. The molecule has 4 rings (SSSR count). The molecule has 3 heteroatoms. The van der Waals surface area contributed by atoms with Crippen LogP contribution in [0.3, 0.4) is 0 Å². The number of fused-ring (bicyclic) bond motifs is 2. The van der Waals surface area contributed by atoms with E-state index in [1.807, 2.05) is 0 Å². The predicted octanol–water partition coefficient (Wildman–Crippen LogP) is 2.26. The summed E-state index contributed by atoms with van der Waals surface area (Å²) in [6.07, 6.45) is 10.2. The lowest BCUT2D eigenvalue weighted by Crippen LogP contribution is -2.41. The molecule has 0 aromatic heterocycles. The molecule has 1 amide bonds. The van der Waals surface area contributed by atoms with Gasteiger partial charge in [0, 0.05) is 38.1 Å². The van der Waals surface area contributed by atoms with Crippen LogP contribution in [0.15, 0.2) is 0 Å². The third kappa shape index (κ3) is 2.42. The molecule has 2 bridgehead atoms. The zero-order valence-electron chi connectivity index (χ0n) is 11.9. The van der Waals surface area contributed by atoms with Crippen molar-refractivity contribution < 1.29 is 4.79 Å². The number of rotatable bonds is 3. The van der Waals surface area contributed by atoms with Gasteiger partial charge in [0.25, 0.3) is 0 Å². The Kier molecular flexibility index (Phi) is 3.06. The second kappa shape index (κ2) is 4.76. The first-order chi connectivity index (χ1) is 9.29. The van der Waals surface area contributed by atoms with Crippen molar-refractivity contribution in [1.29, 1.82) is 0 Å². The maximum Gasteiger partial charge on any atom is 0.222 e. The summed E-state index contributed by atoms with van der Waals surface area (Å²) < 4.78 is 0. The first-order valence-electron chi connectivity index (χ1n) is 8.33. The molecule has 2 aliphatic heterocycles. The van der Waals surface area contributed by atoms with Gasteiger partial charge in [-0.2, -0.15) is 0 Å². The van der Waals surface area contributed by atoms with Crippen LogP contribution in [0.25, 0.3) is 0 Å². The van der Waals surface area contributed by atoms with Gasteiger partial charge in [0.05, 0.1) is 0 Å². The number of carbonyl (C=O) groups is 1. The number of piperidine rings is 1. The van der Waals surface area contributed by atoms with E-state index in [9.17, 15) is 4.79 Å². The van der Waals surface area contributed by atoms with E-state index < -0.39 is 0 Å². The highest BCUT2D eigenvalue weighted by atomic mass is 16.2. The zero-order chi connectivity index (χ0) is 12.8. The molecule has 4 fully saturated rings. The molecule has 0 aromatic rings. The summed E-state index contributed by atoms with van der Waals surface area (Å²) in [7, 11) is 0. The summed E-state index contributed by atoms with van der Waals surface area (Å²) in [6, 6.07) is 1.56. The number of likely N-dealkylation sites (tertiary alicyclic amines) is 2. The molecule has 0 radical (unpaired) electrons. The molecule has 0 aromatic carbocycles. The number of nitrogens with zero attached hydrogens (tertiary/aromatic N) is 2. The molecule has 3 nitrogen and oxygen atoms in total. The molecular weight excluding hydrogens is 236 g/mol. The van der Waals surface area contributed by atoms with E-state index in [0.717, 1.165) is 43.8 Å². The lowest BCUT2D eigenvalue weighted by molar-refractivity contribution is -0.130. The average molecular weight is 262 g/mol. The van der Waals surface area contributed by atoms with Gasteiger partial charge in [-0.3, -0.25) is 9.69 Å². The van der Waals surface area contributed by atoms with Crippen molar-refractivity contribution in [2.45, 2.75) is 63.5 Å². The Morgan fingerprint density at radius 1 is 1.00 bits per heavy atom. The second-order valence-electron chi connectivity index (χ2n) is 7.29. The average Bonchev–Trinajstić information content (AvgIpc) is 3.04. The number of hydrogen-bond acceptors (Lipinski definition) is 2. The number of amides is 1. The van der Waals surface area contributed by atoms with Crippen molar-refractivity contribution >= 4 is 5.91 Å². The number of carbonyl (C=O) groups excluding carboxylic acids is 1. The second-order valence-corrected chi connectivity index (χ2v) is 7.29. The van der Waals surface area contributed by atoms with Gasteiger partial charge in [-0.15, -0.1) is 0 Å². The SMILES string of the molecule is O=C1CCC(N2CC3CCC2C3)CCN1CC1CC1. The summed E-state index contributed by atoms with van der Waals surface area (Å²) >= 11 is 0. The van der Waals surface area contributed by atoms with Crippen molar-refractivity contribution in [3.8, 4) is 0 Å². The topological polar surface area (TPSA) is 23.6 Å². The highest BCUT2D eigenvalue weighted by Gasteiger charge is 2.41. The van der Waals surface area contributed by atoms with Gasteiger partial charge in [-0.1, -0.05) is 0 Å². The normalized spacial score (nSPS) is 39.9. The molecule has 4 aliphatic rings. The van der Waals surface area contributed by atoms with Crippen molar-refractivity contribution in [3.63, 3.8) is 0 Å². The van der Waals surface area contributed by atoms with Crippen LogP contribution in [-0.4, -0.2) is 47.4 Å². The Bertz CT molecular complexity index is 366. The smallest absolute Gasteiger partial charge is 0.222 e. The van der Waals surface area contributed by atoms with Gasteiger partial charge < -0.3 is 4.90 Å². The Morgan fingerprint density at radius 2 is 1.89 bits per heavy atom. The van der Waals surface area contributed by atoms with Crippen molar-refractivity contribution in [3.05, 3.63) is 0 Å². The molecule has 106 valence electrons. The molecule has 2 saturated heterocycles. The third-order valence-corrected chi connectivity index (χ3v) is 5.87. The van der Waals surface area contributed by atoms with Gasteiger partial charge >= 0.3 is 0 Å². The van der Waals surface area contributed by atoms with Crippen LogP contribution in [0.4, 0.5) is 0 Å². The molecule has 19 heavy (non-hydrogen) atoms. The Hall–Kier alpha value is -0.570. The lowest BCUT2D eigenvalue weighted by atomic mass is 10.0. The van der Waals surface area contributed by atoms with Gasteiger partial charge in [0.1, 0.15) is 0 Å². The highest BCUT2D eigenvalue weighted by Crippen LogP contribution is 2.40. The molecule has 0 N–H and O–H groups in total. The summed E-state index contributed by atoms with van der Waals surface area (Å²) in [6.45, 7) is 3.40. The minimum atomic E-state index is 0.429. The third-order valence-electron chi connectivity index (χ3n) is 5.87. The molecule has 3 atom stereocenters. The minimum Gasteiger partial charge on any atom is -0.342 e. The number of hydrogen-bond donors (Lipinski definition) is 0. The molecule has 0 spiro atoms. The summed E-state index contributed by atoms with van der Waals surface area (Å²) in [5, 5.41) is 0. The van der Waals surface area contributed by atoms with Gasteiger partial charge in [-0.05, 0) is 56.8 Å². The van der Waals surface area contributed by atoms with Crippen molar-refractivity contribution in [2.75, 3.05) is 19.6 Å². The molecule has 2 heterocycles. The van der Waals surface area contributed by atoms with E-state index in [1.54, 1.807) is 0 Å². The van der Waals surface area contributed by atoms with E-state index in [4.69, 9.17) is 0 Å². The van der Waals surface area contributed by atoms with Crippen LogP contribution < -0.4 is 0 Å². The molecule has 2 aliphatic carbocycles.